The van der Waals surface area contributed by atoms with Gasteiger partial charge in [-0.05, 0) is 60.2 Å². The fourth-order valence-electron chi connectivity index (χ4n) is 5.33. The molecule has 2 N–H and O–H groups in total. The molecule has 4 rings (SSSR count). The van der Waals surface area contributed by atoms with Crippen molar-refractivity contribution in [2.24, 2.45) is 5.92 Å². The summed E-state index contributed by atoms with van der Waals surface area (Å²) in [5, 5.41) is 21.0. The number of hydrogen-bond acceptors (Lipinski definition) is 4. The van der Waals surface area contributed by atoms with Crippen LogP contribution in [0.3, 0.4) is 0 Å². The van der Waals surface area contributed by atoms with Crippen LogP contribution < -0.4 is 0 Å². The number of aliphatic hydroxyl groups is 1. The standard InChI is InChI=1S/C29H29F4N3O4/c1-35(27(38)21-11-13-36(28(39)40)23(16-21)14-18-6-3-2-4-7-18)25(19-10-12-34-24(30)17-19)26(37)20-8-5-9-22(15-20)29(31,32)33/h2-10,12,15,17,21,23,25-26,37H,11,13-14,16H2,1H3,(H,39,40). The molecular weight excluding hydrogens is 530 g/mol. The first kappa shape index (κ1) is 29.0. The molecule has 11 heteroatoms. The first-order valence-corrected chi connectivity index (χ1v) is 12.7. The Balaban J connectivity index is 1.63. The lowest BCUT2D eigenvalue weighted by Gasteiger charge is -2.40. The molecule has 3 aromatic rings. The van der Waals surface area contributed by atoms with E-state index in [4.69, 9.17) is 0 Å². The van der Waals surface area contributed by atoms with Gasteiger partial charge in [0.15, 0.2) is 0 Å². The number of likely N-dealkylation sites (N-methyl/N-ethyl adjacent to an activating group) is 1. The first-order valence-electron chi connectivity index (χ1n) is 12.7. The Hall–Kier alpha value is -3.99. The number of benzene rings is 2. The minimum Gasteiger partial charge on any atom is -0.465 e. The zero-order valence-corrected chi connectivity index (χ0v) is 21.6. The second kappa shape index (κ2) is 12.0. The third kappa shape index (κ3) is 6.59. The highest BCUT2D eigenvalue weighted by atomic mass is 19.4. The van der Waals surface area contributed by atoms with E-state index in [1.165, 1.54) is 29.0 Å². The quantitative estimate of drug-likeness (QED) is 0.296. The summed E-state index contributed by atoms with van der Waals surface area (Å²) >= 11 is 0. The molecule has 1 saturated heterocycles. The van der Waals surface area contributed by atoms with Crippen LogP contribution in [0.2, 0.25) is 0 Å². The summed E-state index contributed by atoms with van der Waals surface area (Å²) in [6.07, 6.45) is -5.40. The van der Waals surface area contributed by atoms with Gasteiger partial charge in [-0.25, -0.2) is 9.78 Å². The van der Waals surface area contributed by atoms with Gasteiger partial charge < -0.3 is 20.0 Å². The van der Waals surface area contributed by atoms with Gasteiger partial charge in [0.05, 0.1) is 11.6 Å². The van der Waals surface area contributed by atoms with Gasteiger partial charge in [0.2, 0.25) is 11.9 Å². The molecule has 1 aliphatic rings. The van der Waals surface area contributed by atoms with Crippen LogP contribution in [0.1, 0.15) is 47.2 Å². The van der Waals surface area contributed by atoms with Gasteiger partial charge >= 0.3 is 12.3 Å². The number of rotatable bonds is 7. The Kier molecular flexibility index (Phi) is 8.73. The van der Waals surface area contributed by atoms with Gasteiger partial charge in [0, 0.05) is 31.7 Å². The topological polar surface area (TPSA) is 94.0 Å². The number of pyridine rings is 1. The number of hydrogen-bond donors (Lipinski definition) is 2. The van der Waals surface area contributed by atoms with E-state index in [1.54, 1.807) is 0 Å². The number of nitrogens with zero attached hydrogens (tertiary/aromatic N) is 3. The predicted molar refractivity (Wildman–Crippen MR) is 137 cm³/mol. The van der Waals surface area contributed by atoms with Gasteiger partial charge in [-0.15, -0.1) is 0 Å². The Morgan fingerprint density at radius 3 is 2.45 bits per heavy atom. The third-order valence-electron chi connectivity index (χ3n) is 7.34. The van der Waals surface area contributed by atoms with Crippen LogP contribution >= 0.6 is 0 Å². The van der Waals surface area contributed by atoms with Crippen molar-refractivity contribution in [3.8, 4) is 0 Å². The molecule has 2 aromatic carbocycles. The van der Waals surface area contributed by atoms with Crippen molar-refractivity contribution in [3.05, 3.63) is 101 Å². The summed E-state index contributed by atoms with van der Waals surface area (Å²) in [5.41, 5.74) is -0.00999. The van der Waals surface area contributed by atoms with E-state index in [2.05, 4.69) is 4.98 Å². The van der Waals surface area contributed by atoms with Gasteiger partial charge in [-0.3, -0.25) is 4.79 Å². The van der Waals surface area contributed by atoms with Crippen LogP contribution in [-0.4, -0.2) is 56.6 Å². The lowest BCUT2D eigenvalue weighted by atomic mass is 9.85. The number of alkyl halides is 3. The minimum absolute atomic E-state index is 0.0978. The fraction of sp³-hybridized carbons (Fsp3) is 0.345. The molecule has 7 nitrogen and oxygen atoms in total. The van der Waals surface area contributed by atoms with Crippen LogP contribution in [0.25, 0.3) is 0 Å². The molecule has 0 bridgehead atoms. The Labute approximate surface area is 228 Å². The molecule has 40 heavy (non-hydrogen) atoms. The lowest BCUT2D eigenvalue weighted by molar-refractivity contribution is -0.141. The monoisotopic (exact) mass is 559 g/mol. The van der Waals surface area contributed by atoms with Crippen LogP contribution in [-0.2, 0) is 17.4 Å². The molecule has 0 aliphatic carbocycles. The van der Waals surface area contributed by atoms with E-state index in [1.807, 2.05) is 30.3 Å². The van der Waals surface area contributed by atoms with E-state index in [-0.39, 0.29) is 30.5 Å². The Morgan fingerprint density at radius 1 is 1.07 bits per heavy atom. The van der Waals surface area contributed by atoms with Gasteiger partial charge in [0.25, 0.3) is 0 Å². The summed E-state index contributed by atoms with van der Waals surface area (Å²) in [6.45, 7) is 0.113. The number of aliphatic hydroxyl groups excluding tert-OH is 1. The molecule has 212 valence electrons. The van der Waals surface area contributed by atoms with Gasteiger partial charge in [-0.1, -0.05) is 42.5 Å². The summed E-state index contributed by atoms with van der Waals surface area (Å²) in [5.74, 6) is -1.94. The number of carbonyl (C=O) groups excluding carboxylic acids is 1. The second-order valence-electron chi connectivity index (χ2n) is 9.91. The maximum absolute atomic E-state index is 14.1. The highest BCUT2D eigenvalue weighted by Crippen LogP contribution is 2.38. The zero-order chi connectivity index (χ0) is 29.0. The largest absolute Gasteiger partial charge is 0.465 e. The number of likely N-dealkylation sites (tertiary alicyclic amines) is 1. The van der Waals surface area contributed by atoms with E-state index < -0.39 is 53.8 Å². The van der Waals surface area contributed by atoms with Crippen LogP contribution in [0, 0.1) is 11.9 Å². The second-order valence-corrected chi connectivity index (χ2v) is 9.91. The van der Waals surface area contributed by atoms with E-state index in [0.29, 0.717) is 6.42 Å². The smallest absolute Gasteiger partial charge is 0.416 e. The maximum atomic E-state index is 14.1. The lowest BCUT2D eigenvalue weighted by Crippen LogP contribution is -2.50. The molecule has 0 saturated carbocycles. The van der Waals surface area contributed by atoms with Crippen molar-refractivity contribution in [1.82, 2.24) is 14.8 Å². The third-order valence-corrected chi connectivity index (χ3v) is 7.34. The Bertz CT molecular complexity index is 1340. The molecule has 1 aromatic heterocycles. The summed E-state index contributed by atoms with van der Waals surface area (Å²) < 4.78 is 54.2. The maximum Gasteiger partial charge on any atom is 0.416 e. The fourth-order valence-corrected chi connectivity index (χ4v) is 5.33. The van der Waals surface area contributed by atoms with Crippen molar-refractivity contribution in [2.45, 2.75) is 43.6 Å². The van der Waals surface area contributed by atoms with Crippen molar-refractivity contribution in [2.75, 3.05) is 13.6 Å². The van der Waals surface area contributed by atoms with Crippen molar-refractivity contribution in [1.29, 1.82) is 0 Å². The number of piperidine rings is 1. The van der Waals surface area contributed by atoms with Crippen molar-refractivity contribution < 1.29 is 37.4 Å². The molecule has 1 fully saturated rings. The molecule has 4 atom stereocenters. The zero-order valence-electron chi connectivity index (χ0n) is 21.6. The highest BCUT2D eigenvalue weighted by Gasteiger charge is 2.39. The van der Waals surface area contributed by atoms with Gasteiger partial charge in [0.1, 0.15) is 6.10 Å². The van der Waals surface area contributed by atoms with Crippen LogP contribution in [0.15, 0.2) is 72.9 Å². The average molecular weight is 560 g/mol. The van der Waals surface area contributed by atoms with E-state index >= 15 is 0 Å². The number of amides is 2. The first-order chi connectivity index (χ1) is 19.0. The normalized spacial score (nSPS) is 19.1. The molecule has 0 radical (unpaired) electrons. The van der Waals surface area contributed by atoms with Crippen molar-refractivity contribution in [3.63, 3.8) is 0 Å². The summed E-state index contributed by atoms with van der Waals surface area (Å²) in [6, 6.07) is 14.1. The minimum atomic E-state index is -4.65. The Morgan fingerprint density at radius 2 is 1.80 bits per heavy atom. The molecule has 1 aliphatic heterocycles. The van der Waals surface area contributed by atoms with E-state index in [9.17, 15) is 37.4 Å². The van der Waals surface area contributed by atoms with Gasteiger partial charge in [-0.2, -0.15) is 17.6 Å². The van der Waals surface area contributed by atoms with Crippen LogP contribution in [0.5, 0.6) is 0 Å². The molecular formula is C29H29F4N3O4. The molecule has 0 spiro atoms. The molecule has 2 amide bonds. The van der Waals surface area contributed by atoms with Crippen molar-refractivity contribution >= 4 is 12.0 Å². The predicted octanol–water partition coefficient (Wildman–Crippen LogP) is 5.47. The van der Waals surface area contributed by atoms with E-state index in [0.717, 1.165) is 36.0 Å². The molecule has 4 unspecified atom stereocenters. The summed E-state index contributed by atoms with van der Waals surface area (Å²) in [7, 11) is 1.40. The number of halogens is 4. The number of carboxylic acid groups (broad SMARTS) is 1. The van der Waals surface area contributed by atoms with Crippen LogP contribution in [0.4, 0.5) is 22.4 Å². The summed E-state index contributed by atoms with van der Waals surface area (Å²) in [4.78, 5) is 31.7. The number of carbonyl (C=O) groups is 2. The molecule has 2 heterocycles. The highest BCUT2D eigenvalue weighted by molar-refractivity contribution is 5.80. The SMILES string of the molecule is CN(C(=O)C1CCN(C(=O)O)C(Cc2ccccc2)C1)C(c1ccnc(F)c1)C(O)c1cccc(C(F)(F)F)c1. The average Bonchev–Trinajstić information content (AvgIpc) is 2.92. The number of aromatic nitrogens is 1.